The molecule has 1 heterocycles. The van der Waals surface area contributed by atoms with E-state index in [1.807, 2.05) is 24.3 Å². The van der Waals surface area contributed by atoms with Crippen LogP contribution in [0.5, 0.6) is 0 Å². The van der Waals surface area contributed by atoms with Gasteiger partial charge in [-0.2, -0.15) is 0 Å². The van der Waals surface area contributed by atoms with Gasteiger partial charge >= 0.3 is 12.1 Å². The fourth-order valence-corrected chi connectivity index (χ4v) is 2.62. The highest BCUT2D eigenvalue weighted by atomic mass is 16.6. The van der Waals surface area contributed by atoms with Crippen LogP contribution in [0, 0.1) is 0 Å². The molecule has 2 aromatic rings. The van der Waals surface area contributed by atoms with Crippen molar-refractivity contribution in [3.05, 3.63) is 65.2 Å². The van der Waals surface area contributed by atoms with Crippen molar-refractivity contribution in [1.82, 2.24) is 5.32 Å². The first-order valence-corrected chi connectivity index (χ1v) is 8.08. The number of nitrogens with one attached hydrogen (secondary N) is 1. The summed E-state index contributed by atoms with van der Waals surface area (Å²) in [4.78, 5) is 36.8. The Morgan fingerprint density at radius 3 is 2.54 bits per heavy atom. The molecular weight excluding hydrogens is 336 g/mol. The minimum atomic E-state index is -0.450. The third-order valence-electron chi connectivity index (χ3n) is 4.00. The Kier molecular flexibility index (Phi) is 5.17. The molecule has 0 unspecified atom stereocenters. The molecule has 0 radical (unpaired) electrons. The van der Waals surface area contributed by atoms with Crippen molar-refractivity contribution < 1.29 is 23.9 Å². The van der Waals surface area contributed by atoms with Crippen LogP contribution >= 0.6 is 0 Å². The van der Waals surface area contributed by atoms with Gasteiger partial charge in [-0.1, -0.05) is 12.1 Å². The second-order valence-corrected chi connectivity index (χ2v) is 5.69. The Hall–Kier alpha value is -3.35. The summed E-state index contributed by atoms with van der Waals surface area (Å²) in [6.07, 6.45) is -0.364. The highest BCUT2D eigenvalue weighted by Crippen LogP contribution is 2.20. The van der Waals surface area contributed by atoms with Crippen LogP contribution in [0.15, 0.2) is 48.5 Å². The van der Waals surface area contributed by atoms with Gasteiger partial charge in [0.15, 0.2) is 0 Å². The van der Waals surface area contributed by atoms with Gasteiger partial charge in [0.05, 0.1) is 19.2 Å². The Morgan fingerprint density at radius 2 is 1.88 bits per heavy atom. The molecule has 3 rings (SSSR count). The zero-order valence-corrected chi connectivity index (χ0v) is 14.2. The first kappa shape index (κ1) is 17.5. The van der Waals surface area contributed by atoms with Gasteiger partial charge in [-0.05, 0) is 42.0 Å². The average molecular weight is 354 g/mol. The van der Waals surface area contributed by atoms with Crippen molar-refractivity contribution in [2.45, 2.75) is 6.54 Å². The molecule has 0 atom stereocenters. The average Bonchev–Trinajstić information content (AvgIpc) is 3.11. The zero-order valence-electron chi connectivity index (χ0n) is 14.2. The van der Waals surface area contributed by atoms with Crippen LogP contribution in [0.3, 0.4) is 0 Å². The monoisotopic (exact) mass is 354 g/mol. The summed E-state index contributed by atoms with van der Waals surface area (Å²) in [7, 11) is 1.30. The van der Waals surface area contributed by atoms with Crippen molar-refractivity contribution in [2.24, 2.45) is 0 Å². The number of carbonyl (C=O) groups is 3. The molecule has 134 valence electrons. The molecule has 1 aliphatic rings. The number of methoxy groups -OCH3 is 1. The second-order valence-electron chi connectivity index (χ2n) is 5.69. The van der Waals surface area contributed by atoms with Crippen molar-refractivity contribution in [2.75, 3.05) is 25.2 Å². The van der Waals surface area contributed by atoms with Crippen LogP contribution in [-0.4, -0.2) is 38.2 Å². The van der Waals surface area contributed by atoms with Crippen LogP contribution in [0.2, 0.25) is 0 Å². The van der Waals surface area contributed by atoms with Crippen LogP contribution < -0.4 is 10.2 Å². The summed E-state index contributed by atoms with van der Waals surface area (Å²) in [6.45, 7) is 1.21. The van der Waals surface area contributed by atoms with Gasteiger partial charge < -0.3 is 14.8 Å². The molecule has 7 heteroatoms. The molecule has 2 aromatic carbocycles. The van der Waals surface area contributed by atoms with Crippen LogP contribution in [-0.2, 0) is 16.0 Å². The van der Waals surface area contributed by atoms with E-state index in [4.69, 9.17) is 4.74 Å². The number of nitrogens with zero attached hydrogens (tertiary/aromatic N) is 1. The summed E-state index contributed by atoms with van der Waals surface area (Å²) < 4.78 is 9.56. The maximum atomic E-state index is 12.3. The van der Waals surface area contributed by atoms with E-state index in [0.717, 1.165) is 11.3 Å². The molecule has 0 aromatic heterocycles. The van der Waals surface area contributed by atoms with Crippen LogP contribution in [0.25, 0.3) is 0 Å². The first-order chi connectivity index (χ1) is 12.6. The summed E-state index contributed by atoms with van der Waals surface area (Å²) in [5, 5.41) is 2.82. The van der Waals surface area contributed by atoms with Gasteiger partial charge in [0.1, 0.15) is 6.61 Å². The standard InChI is InChI=1S/C19H18N2O5/c1-25-18(23)15-7-5-14(6-8-15)17(22)20-12-13-3-2-4-16(11-13)21-9-10-26-19(21)24/h2-8,11H,9-10,12H2,1H3,(H,20,22). The van der Waals surface area contributed by atoms with E-state index in [-0.39, 0.29) is 12.0 Å². The molecule has 0 spiro atoms. The summed E-state index contributed by atoms with van der Waals surface area (Å²) in [5.41, 5.74) is 2.43. The lowest BCUT2D eigenvalue weighted by Gasteiger charge is -2.14. The molecule has 0 aliphatic carbocycles. The number of rotatable bonds is 5. The van der Waals surface area contributed by atoms with E-state index >= 15 is 0 Å². The lowest BCUT2D eigenvalue weighted by atomic mass is 10.1. The molecular formula is C19H18N2O5. The Bertz CT molecular complexity index is 832. The maximum Gasteiger partial charge on any atom is 0.414 e. The van der Waals surface area contributed by atoms with Crippen molar-refractivity contribution in [3.8, 4) is 0 Å². The third-order valence-corrected chi connectivity index (χ3v) is 4.00. The molecule has 7 nitrogen and oxygen atoms in total. The summed E-state index contributed by atoms with van der Waals surface area (Å²) in [6, 6.07) is 13.6. The van der Waals surface area contributed by atoms with E-state index in [1.54, 1.807) is 29.2 Å². The molecule has 0 saturated carbocycles. The predicted molar refractivity (Wildman–Crippen MR) is 94.1 cm³/mol. The van der Waals surface area contributed by atoms with Gasteiger partial charge in [0.2, 0.25) is 0 Å². The minimum absolute atomic E-state index is 0.257. The molecule has 26 heavy (non-hydrogen) atoms. The maximum absolute atomic E-state index is 12.3. The lowest BCUT2D eigenvalue weighted by Crippen LogP contribution is -2.25. The molecule has 1 fully saturated rings. The van der Waals surface area contributed by atoms with Gasteiger partial charge in [-0.3, -0.25) is 9.69 Å². The van der Waals surface area contributed by atoms with E-state index < -0.39 is 5.97 Å². The van der Waals surface area contributed by atoms with Crippen LogP contribution in [0.1, 0.15) is 26.3 Å². The van der Waals surface area contributed by atoms with Crippen molar-refractivity contribution >= 4 is 23.7 Å². The van der Waals surface area contributed by atoms with E-state index in [0.29, 0.717) is 30.8 Å². The second kappa shape index (κ2) is 7.69. The number of carbonyl (C=O) groups excluding carboxylic acids is 3. The van der Waals surface area contributed by atoms with Gasteiger partial charge in [-0.15, -0.1) is 0 Å². The summed E-state index contributed by atoms with van der Waals surface area (Å²) in [5.74, 6) is -0.707. The van der Waals surface area contributed by atoms with Gasteiger partial charge in [0.25, 0.3) is 5.91 Å². The van der Waals surface area contributed by atoms with Crippen LogP contribution in [0.4, 0.5) is 10.5 Å². The molecule has 1 saturated heterocycles. The van der Waals surface area contributed by atoms with Crippen molar-refractivity contribution in [1.29, 1.82) is 0 Å². The third kappa shape index (κ3) is 3.83. The quantitative estimate of drug-likeness (QED) is 0.833. The number of esters is 1. The minimum Gasteiger partial charge on any atom is -0.465 e. The number of amides is 2. The smallest absolute Gasteiger partial charge is 0.414 e. The number of ether oxygens (including phenoxy) is 2. The largest absolute Gasteiger partial charge is 0.465 e. The number of hydrogen-bond donors (Lipinski definition) is 1. The fourth-order valence-electron chi connectivity index (χ4n) is 2.62. The van der Waals surface area contributed by atoms with E-state index in [2.05, 4.69) is 10.1 Å². The van der Waals surface area contributed by atoms with Gasteiger partial charge in [-0.25, -0.2) is 9.59 Å². The number of cyclic esters (lactones) is 1. The first-order valence-electron chi connectivity index (χ1n) is 8.08. The van der Waals surface area contributed by atoms with Crippen molar-refractivity contribution in [3.63, 3.8) is 0 Å². The highest BCUT2D eigenvalue weighted by molar-refractivity contribution is 5.96. The molecule has 0 bridgehead atoms. The normalized spacial score (nSPS) is 13.3. The predicted octanol–water partition coefficient (Wildman–Crippen LogP) is 2.36. The number of benzene rings is 2. The topological polar surface area (TPSA) is 84.9 Å². The Balaban J connectivity index is 1.62. The highest BCUT2D eigenvalue weighted by Gasteiger charge is 2.23. The molecule has 1 N–H and O–H groups in total. The van der Waals surface area contributed by atoms with E-state index in [1.165, 1.54) is 7.11 Å². The number of anilines is 1. The number of hydrogen-bond acceptors (Lipinski definition) is 5. The Morgan fingerprint density at radius 1 is 1.15 bits per heavy atom. The fraction of sp³-hybridized carbons (Fsp3) is 0.211. The summed E-state index contributed by atoms with van der Waals surface area (Å²) >= 11 is 0. The molecule has 2 amide bonds. The molecule has 1 aliphatic heterocycles. The Labute approximate surface area is 150 Å². The lowest BCUT2D eigenvalue weighted by molar-refractivity contribution is 0.0600. The zero-order chi connectivity index (χ0) is 18.5. The van der Waals surface area contributed by atoms with E-state index in [9.17, 15) is 14.4 Å². The SMILES string of the molecule is COC(=O)c1ccc(C(=O)NCc2cccc(N3CCOC3=O)c2)cc1. The van der Waals surface area contributed by atoms with Gasteiger partial charge in [0, 0.05) is 17.8 Å².